The van der Waals surface area contributed by atoms with Gasteiger partial charge in [0, 0.05) is 29.6 Å². The van der Waals surface area contributed by atoms with Gasteiger partial charge in [-0.25, -0.2) is 0 Å². The monoisotopic (exact) mass is 471 g/mol. The number of hydrogen-bond acceptors (Lipinski definition) is 3. The molecule has 0 aliphatic heterocycles. The third-order valence-electron chi connectivity index (χ3n) is 6.31. The molecular formula is C31H25N3O2. The normalized spacial score (nSPS) is 11.2. The van der Waals surface area contributed by atoms with Crippen LogP contribution in [0.3, 0.4) is 0 Å². The minimum absolute atomic E-state index is 0.0601. The second kappa shape index (κ2) is 9.84. The SMILES string of the molecule is Cc1ccc(N=Cc2cc(-c3ccccc3)n(-c3ccc([N+](=O)[O-])cc3)c2-c2ccccc2)cc1C. The summed E-state index contributed by atoms with van der Waals surface area (Å²) < 4.78 is 2.15. The van der Waals surface area contributed by atoms with Crippen LogP contribution in [0.5, 0.6) is 0 Å². The Balaban J connectivity index is 1.75. The number of nitro benzene ring substituents is 1. The van der Waals surface area contributed by atoms with Gasteiger partial charge in [-0.15, -0.1) is 0 Å². The first-order valence-electron chi connectivity index (χ1n) is 11.7. The highest BCUT2D eigenvalue weighted by atomic mass is 16.6. The van der Waals surface area contributed by atoms with Gasteiger partial charge in [0.1, 0.15) is 0 Å². The molecule has 0 aliphatic carbocycles. The predicted molar refractivity (Wildman–Crippen MR) is 146 cm³/mol. The summed E-state index contributed by atoms with van der Waals surface area (Å²) in [4.78, 5) is 15.7. The summed E-state index contributed by atoms with van der Waals surface area (Å²) >= 11 is 0. The minimum atomic E-state index is -0.378. The van der Waals surface area contributed by atoms with Crippen molar-refractivity contribution in [2.24, 2.45) is 4.99 Å². The molecule has 0 radical (unpaired) electrons. The van der Waals surface area contributed by atoms with Crippen LogP contribution in [0, 0.1) is 24.0 Å². The lowest BCUT2D eigenvalue weighted by molar-refractivity contribution is -0.384. The number of nitrogens with zero attached hydrogens (tertiary/aromatic N) is 3. The Morgan fingerprint density at radius 3 is 2.00 bits per heavy atom. The standard InChI is InChI=1S/C31H25N3O2/c1-22-13-14-27(19-23(22)2)32-21-26-20-30(24-9-5-3-6-10-24)33(31(26)25-11-7-4-8-12-25)28-15-17-29(18-16-28)34(35)36/h3-21H,1-2H3. The first kappa shape index (κ1) is 23.0. The lowest BCUT2D eigenvalue weighted by atomic mass is 10.1. The molecule has 0 bridgehead atoms. The van der Waals surface area contributed by atoms with Crippen LogP contribution in [-0.2, 0) is 0 Å². The molecule has 5 aromatic rings. The van der Waals surface area contributed by atoms with Crippen molar-refractivity contribution in [1.29, 1.82) is 0 Å². The molecule has 176 valence electrons. The lowest BCUT2D eigenvalue weighted by Crippen LogP contribution is -2.01. The Morgan fingerprint density at radius 2 is 1.39 bits per heavy atom. The number of benzene rings is 4. The van der Waals surface area contributed by atoms with E-state index in [-0.39, 0.29) is 10.6 Å². The maximum absolute atomic E-state index is 11.3. The summed E-state index contributed by atoms with van der Waals surface area (Å²) in [5, 5.41) is 11.3. The highest BCUT2D eigenvalue weighted by Gasteiger charge is 2.19. The molecule has 0 aliphatic rings. The molecule has 1 heterocycles. The number of nitro groups is 1. The van der Waals surface area contributed by atoms with Gasteiger partial charge in [0.15, 0.2) is 0 Å². The molecule has 0 N–H and O–H groups in total. The van der Waals surface area contributed by atoms with Crippen LogP contribution in [-0.4, -0.2) is 15.7 Å². The third kappa shape index (κ3) is 4.59. The molecule has 0 saturated heterocycles. The highest BCUT2D eigenvalue weighted by Crippen LogP contribution is 2.36. The van der Waals surface area contributed by atoms with Gasteiger partial charge in [-0.2, -0.15) is 0 Å². The van der Waals surface area contributed by atoms with Crippen molar-refractivity contribution < 1.29 is 4.92 Å². The molecule has 0 saturated carbocycles. The van der Waals surface area contributed by atoms with Crippen LogP contribution >= 0.6 is 0 Å². The molecule has 5 nitrogen and oxygen atoms in total. The fourth-order valence-corrected chi connectivity index (χ4v) is 4.28. The van der Waals surface area contributed by atoms with Gasteiger partial charge < -0.3 is 4.57 Å². The molecular weight excluding hydrogens is 446 g/mol. The van der Waals surface area contributed by atoms with E-state index < -0.39 is 0 Å². The number of rotatable bonds is 6. The van der Waals surface area contributed by atoms with E-state index in [1.165, 1.54) is 11.1 Å². The Morgan fingerprint density at radius 1 is 0.750 bits per heavy atom. The average Bonchev–Trinajstić information content (AvgIpc) is 3.30. The number of aliphatic imine (C=N–C) groups is 1. The molecule has 0 fully saturated rings. The van der Waals surface area contributed by atoms with Gasteiger partial charge in [-0.05, 0) is 66.4 Å². The smallest absolute Gasteiger partial charge is 0.269 e. The number of hydrogen-bond donors (Lipinski definition) is 0. The molecule has 5 rings (SSSR count). The predicted octanol–water partition coefficient (Wildman–Crippen LogP) is 8.09. The summed E-state index contributed by atoms with van der Waals surface area (Å²) in [7, 11) is 0. The topological polar surface area (TPSA) is 60.4 Å². The fourth-order valence-electron chi connectivity index (χ4n) is 4.28. The molecule has 0 atom stereocenters. The number of aryl methyl sites for hydroxylation is 2. The number of aromatic nitrogens is 1. The van der Waals surface area contributed by atoms with Gasteiger partial charge in [-0.3, -0.25) is 15.1 Å². The van der Waals surface area contributed by atoms with Crippen LogP contribution in [0.25, 0.3) is 28.2 Å². The Kier molecular flexibility index (Phi) is 6.29. The zero-order chi connectivity index (χ0) is 25.1. The molecule has 0 unspecified atom stereocenters. The van der Waals surface area contributed by atoms with E-state index in [4.69, 9.17) is 4.99 Å². The number of non-ortho nitro benzene ring substituents is 1. The third-order valence-corrected chi connectivity index (χ3v) is 6.31. The summed E-state index contributed by atoms with van der Waals surface area (Å²) in [5.41, 5.74) is 9.18. The van der Waals surface area contributed by atoms with Gasteiger partial charge in [-0.1, -0.05) is 66.7 Å². The zero-order valence-electron chi connectivity index (χ0n) is 20.1. The van der Waals surface area contributed by atoms with E-state index >= 15 is 0 Å². The van der Waals surface area contributed by atoms with E-state index in [1.807, 2.05) is 48.7 Å². The first-order chi connectivity index (χ1) is 17.5. The Hall–Kier alpha value is -4.77. The van der Waals surface area contributed by atoms with Crippen molar-refractivity contribution in [3.05, 3.63) is 136 Å². The molecule has 0 amide bonds. The van der Waals surface area contributed by atoms with Crippen LogP contribution in [0.4, 0.5) is 11.4 Å². The van der Waals surface area contributed by atoms with Gasteiger partial charge in [0.2, 0.25) is 0 Å². The lowest BCUT2D eigenvalue weighted by Gasteiger charge is -2.15. The molecule has 4 aromatic carbocycles. The Labute approximate surface area is 210 Å². The largest absolute Gasteiger partial charge is 0.309 e. The maximum atomic E-state index is 11.3. The van der Waals surface area contributed by atoms with Gasteiger partial charge in [0.05, 0.1) is 22.0 Å². The maximum Gasteiger partial charge on any atom is 0.269 e. The second-order valence-corrected chi connectivity index (χ2v) is 8.70. The van der Waals surface area contributed by atoms with Crippen molar-refractivity contribution in [2.75, 3.05) is 0 Å². The average molecular weight is 472 g/mol. The first-order valence-corrected chi connectivity index (χ1v) is 11.7. The van der Waals surface area contributed by atoms with Crippen LogP contribution < -0.4 is 0 Å². The van der Waals surface area contributed by atoms with Crippen molar-refractivity contribution >= 4 is 17.6 Å². The summed E-state index contributed by atoms with van der Waals surface area (Å²) in [5.74, 6) is 0. The van der Waals surface area contributed by atoms with Crippen LogP contribution in [0.1, 0.15) is 16.7 Å². The minimum Gasteiger partial charge on any atom is -0.309 e. The Bertz CT molecular complexity index is 1550. The van der Waals surface area contributed by atoms with E-state index in [9.17, 15) is 10.1 Å². The van der Waals surface area contributed by atoms with E-state index in [1.54, 1.807) is 24.3 Å². The van der Waals surface area contributed by atoms with E-state index in [2.05, 4.69) is 60.9 Å². The molecule has 5 heteroatoms. The van der Waals surface area contributed by atoms with E-state index in [0.29, 0.717) is 0 Å². The van der Waals surface area contributed by atoms with Crippen molar-refractivity contribution in [3.8, 4) is 28.2 Å². The van der Waals surface area contributed by atoms with E-state index in [0.717, 1.165) is 39.5 Å². The zero-order valence-corrected chi connectivity index (χ0v) is 20.1. The highest BCUT2D eigenvalue weighted by molar-refractivity contribution is 5.94. The second-order valence-electron chi connectivity index (χ2n) is 8.70. The summed E-state index contributed by atoms with van der Waals surface area (Å²) in [6.45, 7) is 4.18. The summed E-state index contributed by atoms with van der Waals surface area (Å²) in [6.07, 6.45) is 1.90. The van der Waals surface area contributed by atoms with Crippen LogP contribution in [0.2, 0.25) is 0 Å². The molecule has 36 heavy (non-hydrogen) atoms. The van der Waals surface area contributed by atoms with Crippen LogP contribution in [0.15, 0.2) is 114 Å². The van der Waals surface area contributed by atoms with Gasteiger partial charge in [0.25, 0.3) is 5.69 Å². The van der Waals surface area contributed by atoms with Crippen molar-refractivity contribution in [2.45, 2.75) is 13.8 Å². The quantitative estimate of drug-likeness (QED) is 0.143. The van der Waals surface area contributed by atoms with Gasteiger partial charge >= 0.3 is 0 Å². The fraction of sp³-hybridized carbons (Fsp3) is 0.0645. The molecule has 0 spiro atoms. The van der Waals surface area contributed by atoms with Crippen molar-refractivity contribution in [3.63, 3.8) is 0 Å². The molecule has 1 aromatic heterocycles. The summed E-state index contributed by atoms with van der Waals surface area (Å²) in [6, 6.07) is 35.3. The van der Waals surface area contributed by atoms with Crippen molar-refractivity contribution in [1.82, 2.24) is 4.57 Å².